The summed E-state index contributed by atoms with van der Waals surface area (Å²) in [6.07, 6.45) is 0.566. The maximum Gasteiger partial charge on any atom is 0.240 e. The van der Waals surface area contributed by atoms with Gasteiger partial charge in [0, 0.05) is 6.54 Å². The molecule has 0 fully saturated rings. The molecule has 0 saturated heterocycles. The quantitative estimate of drug-likeness (QED) is 0.725. The predicted molar refractivity (Wildman–Crippen MR) is 104 cm³/mol. The fraction of sp³-hybridized carbons (Fsp3) is 0.400. The Hall–Kier alpha value is -2.05. The van der Waals surface area contributed by atoms with Crippen LogP contribution in [0.15, 0.2) is 41.3 Å². The molecule has 0 heterocycles. The molecule has 0 aliphatic rings. The van der Waals surface area contributed by atoms with Gasteiger partial charge in [0.1, 0.15) is 0 Å². The summed E-state index contributed by atoms with van der Waals surface area (Å²) in [7, 11) is -3.52. The van der Waals surface area contributed by atoms with Crippen molar-refractivity contribution in [2.45, 2.75) is 39.0 Å². The molecule has 0 unspecified atom stereocenters. The standard InChI is InChI=1S/C20H27NO4S/c1-5-24-18-9-8-17(14-19(18)25-6-2)11-12-21-26(22,23)20-10-7-15(3)13-16(20)4/h7-10,13-14,21H,5-6,11-12H2,1-4H3. The lowest BCUT2D eigenvalue weighted by molar-refractivity contribution is 0.287. The van der Waals surface area contributed by atoms with Crippen molar-refractivity contribution in [3.8, 4) is 11.5 Å². The molecule has 2 aromatic rings. The van der Waals surface area contributed by atoms with Crippen LogP contribution in [0.25, 0.3) is 0 Å². The van der Waals surface area contributed by atoms with Crippen molar-refractivity contribution in [2.75, 3.05) is 19.8 Å². The fourth-order valence-corrected chi connectivity index (χ4v) is 4.02. The molecule has 0 spiro atoms. The van der Waals surface area contributed by atoms with Crippen molar-refractivity contribution in [3.05, 3.63) is 53.1 Å². The van der Waals surface area contributed by atoms with E-state index < -0.39 is 10.0 Å². The van der Waals surface area contributed by atoms with E-state index in [1.165, 1.54) is 0 Å². The van der Waals surface area contributed by atoms with Crippen LogP contribution in [0.3, 0.4) is 0 Å². The van der Waals surface area contributed by atoms with Crippen molar-refractivity contribution in [1.29, 1.82) is 0 Å². The number of aryl methyl sites for hydroxylation is 2. The molecular formula is C20H27NO4S. The van der Waals surface area contributed by atoms with Crippen LogP contribution in [0.4, 0.5) is 0 Å². The molecule has 0 aliphatic heterocycles. The number of ether oxygens (including phenoxy) is 2. The second kappa shape index (κ2) is 9.05. The molecule has 0 atom stereocenters. The van der Waals surface area contributed by atoms with Crippen LogP contribution in [0.2, 0.25) is 0 Å². The van der Waals surface area contributed by atoms with Crippen molar-refractivity contribution in [1.82, 2.24) is 4.72 Å². The lowest BCUT2D eigenvalue weighted by Gasteiger charge is -2.13. The smallest absolute Gasteiger partial charge is 0.240 e. The van der Waals surface area contributed by atoms with Gasteiger partial charge in [-0.05, 0) is 63.4 Å². The Labute approximate surface area is 156 Å². The molecule has 6 heteroatoms. The Kier molecular flexibility index (Phi) is 7.06. The highest BCUT2D eigenvalue weighted by Crippen LogP contribution is 2.28. The SMILES string of the molecule is CCOc1ccc(CCNS(=O)(=O)c2ccc(C)cc2C)cc1OCC. The third-order valence-corrected chi connectivity index (χ3v) is 5.55. The molecule has 0 bridgehead atoms. The highest BCUT2D eigenvalue weighted by molar-refractivity contribution is 7.89. The van der Waals surface area contributed by atoms with E-state index in [4.69, 9.17) is 9.47 Å². The first-order valence-corrected chi connectivity index (χ1v) is 10.3. The number of hydrogen-bond acceptors (Lipinski definition) is 4. The van der Waals surface area contributed by atoms with E-state index in [-0.39, 0.29) is 0 Å². The van der Waals surface area contributed by atoms with Crippen molar-refractivity contribution in [2.24, 2.45) is 0 Å². The summed E-state index contributed by atoms with van der Waals surface area (Å²) in [5, 5.41) is 0. The average Bonchev–Trinajstić information content (AvgIpc) is 2.57. The number of benzene rings is 2. The van der Waals surface area contributed by atoms with Gasteiger partial charge in [-0.15, -0.1) is 0 Å². The molecule has 26 heavy (non-hydrogen) atoms. The van der Waals surface area contributed by atoms with Gasteiger partial charge in [-0.25, -0.2) is 13.1 Å². The lowest BCUT2D eigenvalue weighted by Crippen LogP contribution is -2.26. The minimum absolute atomic E-state index is 0.315. The molecule has 2 rings (SSSR count). The Morgan fingerprint density at radius 2 is 1.62 bits per heavy atom. The minimum atomic E-state index is -3.52. The summed E-state index contributed by atoms with van der Waals surface area (Å²) in [5.74, 6) is 1.39. The third-order valence-electron chi connectivity index (χ3n) is 3.93. The van der Waals surface area contributed by atoms with Crippen LogP contribution in [0.5, 0.6) is 11.5 Å². The fourth-order valence-electron chi connectivity index (χ4n) is 2.76. The van der Waals surface area contributed by atoms with Gasteiger partial charge < -0.3 is 9.47 Å². The lowest BCUT2D eigenvalue weighted by atomic mass is 10.1. The second-order valence-corrected chi connectivity index (χ2v) is 7.80. The van der Waals surface area contributed by atoms with E-state index in [0.717, 1.165) is 16.7 Å². The first-order chi connectivity index (χ1) is 12.4. The van der Waals surface area contributed by atoms with Gasteiger partial charge in [-0.1, -0.05) is 23.8 Å². The van der Waals surface area contributed by atoms with Crippen LogP contribution in [0.1, 0.15) is 30.5 Å². The van der Waals surface area contributed by atoms with Gasteiger partial charge in [-0.2, -0.15) is 0 Å². The normalized spacial score (nSPS) is 11.4. The highest BCUT2D eigenvalue weighted by atomic mass is 32.2. The summed E-state index contributed by atoms with van der Waals surface area (Å²) >= 11 is 0. The van der Waals surface area contributed by atoms with Crippen molar-refractivity contribution >= 4 is 10.0 Å². The van der Waals surface area contributed by atoms with Gasteiger partial charge in [0.2, 0.25) is 10.0 Å². The van der Waals surface area contributed by atoms with Crippen LogP contribution >= 0.6 is 0 Å². The average molecular weight is 378 g/mol. The monoisotopic (exact) mass is 377 g/mol. The predicted octanol–water partition coefficient (Wildman–Crippen LogP) is 3.62. The van der Waals surface area contributed by atoms with Gasteiger partial charge in [0.05, 0.1) is 18.1 Å². The number of sulfonamides is 1. The minimum Gasteiger partial charge on any atom is -0.490 e. The molecule has 5 nitrogen and oxygen atoms in total. The van der Waals surface area contributed by atoms with Gasteiger partial charge in [0.15, 0.2) is 11.5 Å². The van der Waals surface area contributed by atoms with Crippen LogP contribution in [0, 0.1) is 13.8 Å². The van der Waals surface area contributed by atoms with Gasteiger partial charge >= 0.3 is 0 Å². The van der Waals surface area contributed by atoms with Crippen LogP contribution in [-0.2, 0) is 16.4 Å². The maximum absolute atomic E-state index is 12.5. The molecule has 0 aliphatic carbocycles. The molecular weight excluding hydrogens is 350 g/mol. The maximum atomic E-state index is 12.5. The molecule has 0 amide bonds. The van der Waals surface area contributed by atoms with Crippen LogP contribution < -0.4 is 14.2 Å². The Morgan fingerprint density at radius 1 is 0.923 bits per heavy atom. The Bertz CT molecular complexity index is 847. The zero-order valence-electron chi connectivity index (χ0n) is 15.8. The molecule has 0 aromatic heterocycles. The highest BCUT2D eigenvalue weighted by Gasteiger charge is 2.16. The molecule has 0 saturated carbocycles. The Morgan fingerprint density at radius 3 is 2.27 bits per heavy atom. The first-order valence-electron chi connectivity index (χ1n) is 8.82. The van der Waals surface area contributed by atoms with Gasteiger partial charge in [-0.3, -0.25) is 0 Å². The number of rotatable bonds is 9. The van der Waals surface area contributed by atoms with E-state index >= 15 is 0 Å². The third kappa shape index (κ3) is 5.22. The second-order valence-electron chi connectivity index (χ2n) is 6.06. The van der Waals surface area contributed by atoms with E-state index in [9.17, 15) is 8.42 Å². The summed E-state index contributed by atoms with van der Waals surface area (Å²) in [5.41, 5.74) is 2.77. The number of hydrogen-bond donors (Lipinski definition) is 1. The topological polar surface area (TPSA) is 64.6 Å². The molecule has 1 N–H and O–H groups in total. The van der Waals surface area contributed by atoms with Crippen LogP contribution in [-0.4, -0.2) is 28.2 Å². The molecule has 2 aromatic carbocycles. The van der Waals surface area contributed by atoms with E-state index in [1.807, 2.05) is 58.0 Å². The summed E-state index contributed by atoms with van der Waals surface area (Å²) in [4.78, 5) is 0.324. The zero-order valence-corrected chi connectivity index (χ0v) is 16.7. The Balaban J connectivity index is 2.05. The molecule has 142 valence electrons. The molecule has 0 radical (unpaired) electrons. The summed E-state index contributed by atoms with van der Waals surface area (Å²) in [6, 6.07) is 11.0. The van der Waals surface area contributed by atoms with Gasteiger partial charge in [0.25, 0.3) is 0 Å². The zero-order chi connectivity index (χ0) is 19.2. The van der Waals surface area contributed by atoms with Crippen molar-refractivity contribution < 1.29 is 17.9 Å². The van der Waals surface area contributed by atoms with E-state index in [1.54, 1.807) is 6.07 Å². The summed E-state index contributed by atoms with van der Waals surface area (Å²) in [6.45, 7) is 9.01. The number of nitrogens with one attached hydrogen (secondary N) is 1. The van der Waals surface area contributed by atoms with E-state index in [2.05, 4.69) is 4.72 Å². The summed E-state index contributed by atoms with van der Waals surface area (Å²) < 4.78 is 38.8. The van der Waals surface area contributed by atoms with E-state index in [0.29, 0.717) is 42.6 Å². The first kappa shape index (κ1) is 20.3. The van der Waals surface area contributed by atoms with Crippen molar-refractivity contribution in [3.63, 3.8) is 0 Å². The largest absolute Gasteiger partial charge is 0.490 e.